The molecule has 0 saturated carbocycles. The largest absolute Gasteiger partial charge is 0.452 e. The van der Waals surface area contributed by atoms with Crippen molar-refractivity contribution in [2.24, 2.45) is 0 Å². The van der Waals surface area contributed by atoms with E-state index < -0.39 is 5.82 Å². The molecule has 2 rings (SSSR count). The molecule has 2 aromatic rings. The molecule has 1 amide bonds. The predicted octanol–water partition coefficient (Wildman–Crippen LogP) is 3.71. The maximum atomic E-state index is 13.7. The van der Waals surface area contributed by atoms with E-state index in [0.717, 1.165) is 0 Å². The number of rotatable bonds is 4. The van der Waals surface area contributed by atoms with Crippen LogP contribution in [0.2, 0.25) is 0 Å². The van der Waals surface area contributed by atoms with Gasteiger partial charge in [0, 0.05) is 16.6 Å². The van der Waals surface area contributed by atoms with Crippen LogP contribution in [0, 0.1) is 5.82 Å². The second-order valence-corrected chi connectivity index (χ2v) is 5.20. The van der Waals surface area contributed by atoms with Crippen LogP contribution < -0.4 is 15.8 Å². The van der Waals surface area contributed by atoms with Crippen molar-refractivity contribution in [3.05, 3.63) is 52.3 Å². The van der Waals surface area contributed by atoms with Gasteiger partial charge in [-0.3, -0.25) is 4.79 Å². The molecule has 0 fully saturated rings. The van der Waals surface area contributed by atoms with Gasteiger partial charge in [-0.2, -0.15) is 0 Å². The molecule has 4 nitrogen and oxygen atoms in total. The van der Waals surface area contributed by atoms with Crippen LogP contribution in [0.4, 0.5) is 10.1 Å². The SMILES string of the molecule is CCNC(=O)c1ccc(Oc2ccc(Br)cc2F)c(N)c1. The molecule has 0 spiro atoms. The summed E-state index contributed by atoms with van der Waals surface area (Å²) in [5, 5.41) is 2.67. The van der Waals surface area contributed by atoms with Crippen molar-refractivity contribution in [1.82, 2.24) is 5.32 Å². The number of hydrogen-bond acceptors (Lipinski definition) is 3. The molecule has 2 aromatic carbocycles. The summed E-state index contributed by atoms with van der Waals surface area (Å²) < 4.78 is 19.8. The van der Waals surface area contributed by atoms with E-state index >= 15 is 0 Å². The first kappa shape index (κ1) is 15.3. The third-order valence-electron chi connectivity index (χ3n) is 2.72. The van der Waals surface area contributed by atoms with Crippen LogP contribution in [-0.2, 0) is 0 Å². The zero-order valence-corrected chi connectivity index (χ0v) is 12.9. The van der Waals surface area contributed by atoms with Gasteiger partial charge >= 0.3 is 0 Å². The standard InChI is InChI=1S/C15H14BrFN2O2/c1-2-19-15(20)9-3-5-14(12(18)7-9)21-13-6-4-10(16)8-11(13)17/h3-8H,2,18H2,1H3,(H,19,20). The van der Waals surface area contributed by atoms with E-state index in [2.05, 4.69) is 21.2 Å². The molecular formula is C15H14BrFN2O2. The summed E-state index contributed by atoms with van der Waals surface area (Å²) in [5.41, 5.74) is 6.54. The van der Waals surface area contributed by atoms with Crippen LogP contribution in [0.15, 0.2) is 40.9 Å². The summed E-state index contributed by atoms with van der Waals surface area (Å²) in [6.45, 7) is 2.36. The molecule has 0 unspecified atom stereocenters. The van der Waals surface area contributed by atoms with Gasteiger partial charge in [-0.1, -0.05) is 15.9 Å². The maximum Gasteiger partial charge on any atom is 0.251 e. The number of nitrogens with two attached hydrogens (primary N) is 1. The average Bonchev–Trinajstić information content (AvgIpc) is 2.44. The van der Waals surface area contributed by atoms with Crippen molar-refractivity contribution in [3.8, 4) is 11.5 Å². The minimum Gasteiger partial charge on any atom is -0.452 e. The lowest BCUT2D eigenvalue weighted by molar-refractivity contribution is 0.0956. The number of hydrogen-bond donors (Lipinski definition) is 2. The molecule has 0 bridgehead atoms. The number of benzene rings is 2. The Morgan fingerprint density at radius 3 is 2.62 bits per heavy atom. The Kier molecular flexibility index (Phi) is 4.80. The molecular weight excluding hydrogens is 339 g/mol. The highest BCUT2D eigenvalue weighted by Crippen LogP contribution is 2.31. The molecule has 0 saturated heterocycles. The normalized spacial score (nSPS) is 10.2. The van der Waals surface area contributed by atoms with Gasteiger partial charge in [0.25, 0.3) is 5.91 Å². The summed E-state index contributed by atoms with van der Waals surface area (Å²) >= 11 is 3.17. The van der Waals surface area contributed by atoms with Crippen LogP contribution in [0.1, 0.15) is 17.3 Å². The highest BCUT2D eigenvalue weighted by Gasteiger charge is 2.11. The number of nitrogen functional groups attached to an aromatic ring is 1. The highest BCUT2D eigenvalue weighted by molar-refractivity contribution is 9.10. The van der Waals surface area contributed by atoms with E-state index in [1.807, 2.05) is 6.92 Å². The molecule has 0 aromatic heterocycles. The molecule has 0 aliphatic heterocycles. The van der Waals surface area contributed by atoms with Gasteiger partial charge in [0.05, 0.1) is 5.69 Å². The molecule has 0 aliphatic carbocycles. The van der Waals surface area contributed by atoms with Crippen molar-refractivity contribution >= 4 is 27.5 Å². The predicted molar refractivity (Wildman–Crippen MR) is 83.0 cm³/mol. The quantitative estimate of drug-likeness (QED) is 0.824. The topological polar surface area (TPSA) is 64.3 Å². The van der Waals surface area contributed by atoms with Crippen molar-refractivity contribution in [2.75, 3.05) is 12.3 Å². The van der Waals surface area contributed by atoms with Gasteiger partial charge in [-0.25, -0.2) is 4.39 Å². The van der Waals surface area contributed by atoms with Crippen LogP contribution in [0.3, 0.4) is 0 Å². The van der Waals surface area contributed by atoms with Crippen molar-refractivity contribution in [3.63, 3.8) is 0 Å². The second-order valence-electron chi connectivity index (χ2n) is 4.29. The second kappa shape index (κ2) is 6.58. The summed E-state index contributed by atoms with van der Waals surface area (Å²) in [7, 11) is 0. The number of amides is 1. The zero-order valence-electron chi connectivity index (χ0n) is 11.3. The van der Waals surface area contributed by atoms with Crippen LogP contribution in [0.25, 0.3) is 0 Å². The first-order valence-corrected chi connectivity index (χ1v) is 7.11. The van der Waals surface area contributed by atoms with E-state index in [9.17, 15) is 9.18 Å². The first-order valence-electron chi connectivity index (χ1n) is 6.32. The molecule has 0 aliphatic rings. The number of nitrogens with one attached hydrogen (secondary N) is 1. The lowest BCUT2D eigenvalue weighted by Crippen LogP contribution is -2.22. The third kappa shape index (κ3) is 3.72. The summed E-state index contributed by atoms with van der Waals surface area (Å²) in [5.74, 6) is -0.359. The van der Waals surface area contributed by atoms with Crippen molar-refractivity contribution in [2.45, 2.75) is 6.92 Å². The highest BCUT2D eigenvalue weighted by atomic mass is 79.9. The molecule has 6 heteroatoms. The number of carbonyl (C=O) groups excluding carboxylic acids is 1. The minimum atomic E-state index is -0.503. The Bertz CT molecular complexity index is 677. The van der Waals surface area contributed by atoms with Crippen LogP contribution in [-0.4, -0.2) is 12.5 Å². The van der Waals surface area contributed by atoms with Gasteiger partial charge in [-0.05, 0) is 43.3 Å². The number of anilines is 1. The van der Waals surface area contributed by atoms with E-state index in [1.165, 1.54) is 18.2 Å². The Morgan fingerprint density at radius 1 is 1.29 bits per heavy atom. The molecule has 0 heterocycles. The van der Waals surface area contributed by atoms with Gasteiger partial charge in [0.2, 0.25) is 0 Å². The summed E-state index contributed by atoms with van der Waals surface area (Å²) in [6.07, 6.45) is 0. The number of halogens is 2. The van der Waals surface area contributed by atoms with Crippen LogP contribution >= 0.6 is 15.9 Å². The average molecular weight is 353 g/mol. The smallest absolute Gasteiger partial charge is 0.251 e. The van der Waals surface area contributed by atoms with E-state index in [-0.39, 0.29) is 17.3 Å². The Balaban J connectivity index is 2.23. The van der Waals surface area contributed by atoms with Crippen LogP contribution in [0.5, 0.6) is 11.5 Å². The number of carbonyl (C=O) groups is 1. The van der Waals surface area contributed by atoms with E-state index in [0.29, 0.717) is 22.3 Å². The Hall–Kier alpha value is -2.08. The summed E-state index contributed by atoms with van der Waals surface area (Å²) in [4.78, 5) is 11.7. The Morgan fingerprint density at radius 2 is 2.00 bits per heavy atom. The first-order chi connectivity index (χ1) is 10.0. The maximum absolute atomic E-state index is 13.7. The molecule has 3 N–H and O–H groups in total. The zero-order chi connectivity index (χ0) is 15.4. The lowest BCUT2D eigenvalue weighted by Gasteiger charge is -2.11. The van der Waals surface area contributed by atoms with Gasteiger partial charge < -0.3 is 15.8 Å². The van der Waals surface area contributed by atoms with Gasteiger partial charge in [0.1, 0.15) is 0 Å². The monoisotopic (exact) mass is 352 g/mol. The molecule has 21 heavy (non-hydrogen) atoms. The fraction of sp³-hybridized carbons (Fsp3) is 0.133. The number of ether oxygens (including phenoxy) is 1. The molecule has 0 atom stereocenters. The molecule has 0 radical (unpaired) electrons. The lowest BCUT2D eigenvalue weighted by atomic mass is 10.1. The van der Waals surface area contributed by atoms with E-state index in [1.54, 1.807) is 18.2 Å². The van der Waals surface area contributed by atoms with Crippen molar-refractivity contribution in [1.29, 1.82) is 0 Å². The van der Waals surface area contributed by atoms with Gasteiger partial charge in [-0.15, -0.1) is 0 Å². The molecule has 110 valence electrons. The Labute approximate surface area is 130 Å². The van der Waals surface area contributed by atoms with Gasteiger partial charge in [0.15, 0.2) is 17.3 Å². The minimum absolute atomic E-state index is 0.0654. The third-order valence-corrected chi connectivity index (χ3v) is 3.22. The fourth-order valence-corrected chi connectivity index (χ4v) is 2.05. The van der Waals surface area contributed by atoms with E-state index in [4.69, 9.17) is 10.5 Å². The van der Waals surface area contributed by atoms with Crippen molar-refractivity contribution < 1.29 is 13.9 Å². The fourth-order valence-electron chi connectivity index (χ4n) is 1.72. The summed E-state index contributed by atoms with van der Waals surface area (Å²) in [6, 6.07) is 9.08.